The summed E-state index contributed by atoms with van der Waals surface area (Å²) in [5, 5.41) is 0. The summed E-state index contributed by atoms with van der Waals surface area (Å²) in [7, 11) is 5.85. The highest BCUT2D eigenvalue weighted by molar-refractivity contribution is 5.69. The highest BCUT2D eigenvalue weighted by Gasteiger charge is 2.13. The van der Waals surface area contributed by atoms with Crippen molar-refractivity contribution in [3.8, 4) is 5.75 Å². The van der Waals surface area contributed by atoms with Gasteiger partial charge in [0, 0.05) is 25.7 Å². The molecule has 0 fully saturated rings. The fourth-order valence-electron chi connectivity index (χ4n) is 2.00. The lowest BCUT2D eigenvalue weighted by molar-refractivity contribution is 0.407. The molecule has 1 rings (SSSR count). The summed E-state index contributed by atoms with van der Waals surface area (Å²) in [5.41, 5.74) is 7.99. The molecule has 0 aliphatic heterocycles. The summed E-state index contributed by atoms with van der Waals surface area (Å²) in [4.78, 5) is 4.52. The third-order valence-electron chi connectivity index (χ3n) is 2.98. The Bertz CT molecular complexity index is 391. The van der Waals surface area contributed by atoms with Gasteiger partial charge >= 0.3 is 0 Å². The van der Waals surface area contributed by atoms with E-state index in [0.717, 1.165) is 36.8 Å². The lowest BCUT2D eigenvalue weighted by Gasteiger charge is -2.29. The number of benzene rings is 1. The van der Waals surface area contributed by atoms with E-state index >= 15 is 0 Å². The van der Waals surface area contributed by atoms with Crippen LogP contribution in [-0.4, -0.2) is 45.7 Å². The van der Waals surface area contributed by atoms with Crippen molar-refractivity contribution < 1.29 is 4.74 Å². The zero-order valence-corrected chi connectivity index (χ0v) is 12.8. The maximum atomic E-state index is 6.12. The molecule has 0 aliphatic carbocycles. The summed E-state index contributed by atoms with van der Waals surface area (Å²) in [6.07, 6.45) is 0. The Kier molecular flexibility index (Phi) is 5.96. The van der Waals surface area contributed by atoms with Crippen molar-refractivity contribution in [3.05, 3.63) is 18.2 Å². The normalized spacial score (nSPS) is 11.1. The van der Waals surface area contributed by atoms with E-state index in [1.165, 1.54) is 0 Å². The van der Waals surface area contributed by atoms with Gasteiger partial charge in [-0.25, -0.2) is 0 Å². The van der Waals surface area contributed by atoms with Crippen molar-refractivity contribution in [2.24, 2.45) is 5.92 Å². The van der Waals surface area contributed by atoms with Crippen LogP contribution in [0.5, 0.6) is 5.75 Å². The minimum atomic E-state index is 0.591. The SMILES string of the molecule is COc1ccc(N)c(N(CCN(C)C)CC(C)C)c1. The molecule has 0 bridgehead atoms. The fraction of sp³-hybridized carbons (Fsp3) is 0.600. The summed E-state index contributed by atoms with van der Waals surface area (Å²) >= 11 is 0. The Labute approximate surface area is 117 Å². The van der Waals surface area contributed by atoms with Crippen LogP contribution in [0.1, 0.15) is 13.8 Å². The van der Waals surface area contributed by atoms with Gasteiger partial charge in [-0.15, -0.1) is 0 Å². The van der Waals surface area contributed by atoms with E-state index in [1.54, 1.807) is 7.11 Å². The molecule has 0 aromatic heterocycles. The predicted molar refractivity (Wildman–Crippen MR) is 83.0 cm³/mol. The molecule has 0 unspecified atom stereocenters. The maximum Gasteiger partial charge on any atom is 0.121 e. The first-order chi connectivity index (χ1) is 8.93. The highest BCUT2D eigenvalue weighted by Crippen LogP contribution is 2.28. The molecule has 0 heterocycles. The van der Waals surface area contributed by atoms with Crippen LogP contribution in [0.2, 0.25) is 0 Å². The summed E-state index contributed by atoms with van der Waals surface area (Å²) < 4.78 is 5.30. The molecule has 1 aromatic carbocycles. The van der Waals surface area contributed by atoms with Gasteiger partial charge in [0.15, 0.2) is 0 Å². The van der Waals surface area contributed by atoms with E-state index in [1.807, 2.05) is 18.2 Å². The van der Waals surface area contributed by atoms with Crippen LogP contribution in [0.25, 0.3) is 0 Å². The van der Waals surface area contributed by atoms with Crippen LogP contribution in [0.3, 0.4) is 0 Å². The second-order valence-corrected chi connectivity index (χ2v) is 5.57. The largest absolute Gasteiger partial charge is 0.497 e. The van der Waals surface area contributed by atoms with Crippen molar-refractivity contribution in [3.63, 3.8) is 0 Å². The third-order valence-corrected chi connectivity index (χ3v) is 2.98. The van der Waals surface area contributed by atoms with Crippen molar-refractivity contribution in [2.75, 3.05) is 51.5 Å². The first-order valence-corrected chi connectivity index (χ1v) is 6.77. The average Bonchev–Trinajstić information content (AvgIpc) is 2.34. The van der Waals surface area contributed by atoms with Crippen LogP contribution in [0.4, 0.5) is 11.4 Å². The molecule has 19 heavy (non-hydrogen) atoms. The zero-order chi connectivity index (χ0) is 14.4. The van der Waals surface area contributed by atoms with Crippen LogP contribution in [0, 0.1) is 5.92 Å². The Balaban J connectivity index is 2.94. The van der Waals surface area contributed by atoms with Gasteiger partial charge < -0.3 is 20.3 Å². The monoisotopic (exact) mass is 265 g/mol. The zero-order valence-electron chi connectivity index (χ0n) is 12.8. The molecular weight excluding hydrogens is 238 g/mol. The van der Waals surface area contributed by atoms with Gasteiger partial charge in [0.1, 0.15) is 5.75 Å². The molecular formula is C15H27N3O. The number of ether oxygens (including phenoxy) is 1. The van der Waals surface area contributed by atoms with Crippen LogP contribution >= 0.6 is 0 Å². The summed E-state index contributed by atoms with van der Waals surface area (Å²) in [5.74, 6) is 1.44. The number of nitrogen functional groups attached to an aromatic ring is 1. The van der Waals surface area contributed by atoms with Crippen LogP contribution < -0.4 is 15.4 Å². The number of nitrogens with two attached hydrogens (primary N) is 1. The third kappa shape index (κ3) is 4.99. The molecule has 4 nitrogen and oxygen atoms in total. The summed E-state index contributed by atoms with van der Waals surface area (Å²) in [6, 6.07) is 5.84. The fourth-order valence-corrected chi connectivity index (χ4v) is 2.00. The first-order valence-electron chi connectivity index (χ1n) is 6.77. The quantitative estimate of drug-likeness (QED) is 0.768. The van der Waals surface area contributed by atoms with Crippen LogP contribution in [-0.2, 0) is 0 Å². The van der Waals surface area contributed by atoms with Gasteiger partial charge in [0.05, 0.1) is 18.5 Å². The van der Waals surface area contributed by atoms with Crippen molar-refractivity contribution >= 4 is 11.4 Å². The molecule has 0 radical (unpaired) electrons. The number of anilines is 2. The number of methoxy groups -OCH3 is 1. The topological polar surface area (TPSA) is 41.7 Å². The Hall–Kier alpha value is -1.42. The summed E-state index contributed by atoms with van der Waals surface area (Å²) in [6.45, 7) is 7.40. The molecule has 108 valence electrons. The van der Waals surface area contributed by atoms with Gasteiger partial charge in [-0.05, 0) is 32.1 Å². The Morgan fingerprint density at radius 1 is 1.21 bits per heavy atom. The van der Waals surface area contributed by atoms with Crippen molar-refractivity contribution in [1.29, 1.82) is 0 Å². The smallest absolute Gasteiger partial charge is 0.121 e. The first kappa shape index (κ1) is 15.6. The molecule has 1 aromatic rings. The molecule has 0 spiro atoms. The van der Waals surface area contributed by atoms with Gasteiger partial charge in [0.25, 0.3) is 0 Å². The minimum absolute atomic E-state index is 0.591. The molecule has 0 amide bonds. The van der Waals surface area contributed by atoms with E-state index < -0.39 is 0 Å². The lowest BCUT2D eigenvalue weighted by atomic mass is 10.1. The van der Waals surface area contributed by atoms with Gasteiger partial charge in [-0.3, -0.25) is 0 Å². The molecule has 4 heteroatoms. The van der Waals surface area contributed by atoms with Crippen LogP contribution in [0.15, 0.2) is 18.2 Å². The van der Waals surface area contributed by atoms with Gasteiger partial charge in [-0.1, -0.05) is 13.8 Å². The molecule has 0 atom stereocenters. The molecule has 2 N–H and O–H groups in total. The highest BCUT2D eigenvalue weighted by atomic mass is 16.5. The van der Waals surface area contributed by atoms with E-state index in [2.05, 4.69) is 37.7 Å². The Morgan fingerprint density at radius 3 is 2.42 bits per heavy atom. The number of hydrogen-bond acceptors (Lipinski definition) is 4. The second-order valence-electron chi connectivity index (χ2n) is 5.57. The van der Waals surface area contributed by atoms with E-state index in [4.69, 9.17) is 10.5 Å². The number of rotatable bonds is 7. The standard InChI is InChI=1S/C15H27N3O/c1-12(2)11-18(9-8-17(3)4)15-10-13(19-5)6-7-14(15)16/h6-7,10,12H,8-9,11,16H2,1-5H3. The second kappa shape index (κ2) is 7.24. The van der Waals surface area contributed by atoms with Gasteiger partial charge in [0.2, 0.25) is 0 Å². The maximum absolute atomic E-state index is 6.12. The van der Waals surface area contributed by atoms with E-state index in [0.29, 0.717) is 5.92 Å². The predicted octanol–water partition coefficient (Wildman–Crippen LogP) is 2.30. The number of likely N-dealkylation sites (N-methyl/N-ethyl adjacent to an activating group) is 1. The van der Waals surface area contributed by atoms with Crippen molar-refractivity contribution in [1.82, 2.24) is 4.90 Å². The van der Waals surface area contributed by atoms with Gasteiger partial charge in [-0.2, -0.15) is 0 Å². The number of hydrogen-bond donors (Lipinski definition) is 1. The number of nitrogens with zero attached hydrogens (tertiary/aromatic N) is 2. The molecule has 0 saturated carbocycles. The average molecular weight is 265 g/mol. The molecule has 0 saturated heterocycles. The Morgan fingerprint density at radius 2 is 1.89 bits per heavy atom. The van der Waals surface area contributed by atoms with E-state index in [9.17, 15) is 0 Å². The van der Waals surface area contributed by atoms with E-state index in [-0.39, 0.29) is 0 Å². The lowest BCUT2D eigenvalue weighted by Crippen LogP contribution is -2.34. The van der Waals surface area contributed by atoms with Crippen molar-refractivity contribution in [2.45, 2.75) is 13.8 Å². The minimum Gasteiger partial charge on any atom is -0.497 e. The molecule has 0 aliphatic rings.